The Kier molecular flexibility index (Phi) is 6.90. The number of hydrogen-bond acceptors (Lipinski definition) is 9. The van der Waals surface area contributed by atoms with Crippen molar-refractivity contribution in [3.8, 4) is 23.0 Å². The van der Waals surface area contributed by atoms with E-state index >= 15 is 0 Å². The van der Waals surface area contributed by atoms with Crippen LogP contribution >= 0.6 is 0 Å². The van der Waals surface area contributed by atoms with Gasteiger partial charge >= 0.3 is 0 Å². The first-order valence-corrected chi connectivity index (χ1v) is 10.7. The minimum Gasteiger partial charge on any atom is -0.493 e. The molecule has 0 saturated heterocycles. The standard InChI is InChI=1S/C18H26N4O5S/c1-11(2)12-8-14(25-3)15(26-4)9-13(12)27-16-10-21-18(19)22-17(16)20-6-7-28(5,23)24/h8-11H,6-7H2,1-5H3,(H3,19,20,21,22). The van der Waals surface area contributed by atoms with E-state index in [4.69, 9.17) is 19.9 Å². The number of benzene rings is 1. The number of ether oxygens (including phenoxy) is 3. The summed E-state index contributed by atoms with van der Waals surface area (Å²) < 4.78 is 39.5. The van der Waals surface area contributed by atoms with Crippen LogP contribution in [0.5, 0.6) is 23.0 Å². The van der Waals surface area contributed by atoms with Gasteiger partial charge in [-0.25, -0.2) is 13.4 Å². The predicted octanol–water partition coefficient (Wildman–Crippen LogP) is 2.45. The maximum atomic E-state index is 11.4. The van der Waals surface area contributed by atoms with Gasteiger partial charge < -0.3 is 25.3 Å². The second-order valence-corrected chi connectivity index (χ2v) is 8.76. The van der Waals surface area contributed by atoms with Gasteiger partial charge in [-0.05, 0) is 12.0 Å². The van der Waals surface area contributed by atoms with Crippen molar-refractivity contribution in [2.45, 2.75) is 19.8 Å². The summed E-state index contributed by atoms with van der Waals surface area (Å²) in [5, 5.41) is 2.94. The van der Waals surface area contributed by atoms with Gasteiger partial charge in [0, 0.05) is 24.4 Å². The van der Waals surface area contributed by atoms with Crippen molar-refractivity contribution >= 4 is 21.6 Å². The first-order chi connectivity index (χ1) is 13.1. The summed E-state index contributed by atoms with van der Waals surface area (Å²) in [4.78, 5) is 8.09. The van der Waals surface area contributed by atoms with Crippen LogP contribution in [0.3, 0.4) is 0 Å². The summed E-state index contributed by atoms with van der Waals surface area (Å²) in [5.74, 6) is 2.43. The number of sulfone groups is 1. The Morgan fingerprint density at radius 2 is 1.75 bits per heavy atom. The molecule has 1 aromatic heterocycles. The maximum absolute atomic E-state index is 11.4. The molecule has 0 aliphatic heterocycles. The molecule has 0 aliphatic carbocycles. The van der Waals surface area contributed by atoms with Gasteiger partial charge in [0.15, 0.2) is 23.1 Å². The van der Waals surface area contributed by atoms with Crippen LogP contribution in [0.1, 0.15) is 25.3 Å². The summed E-state index contributed by atoms with van der Waals surface area (Å²) in [7, 11) is -0.00680. The van der Waals surface area contributed by atoms with Crippen molar-refractivity contribution in [2.75, 3.05) is 43.8 Å². The number of nitrogens with zero attached hydrogens (tertiary/aromatic N) is 2. The highest BCUT2D eigenvalue weighted by Gasteiger charge is 2.18. The number of hydrogen-bond donors (Lipinski definition) is 2. The second kappa shape index (κ2) is 8.96. The summed E-state index contributed by atoms with van der Waals surface area (Å²) in [6.07, 6.45) is 2.60. The molecule has 2 rings (SSSR count). The molecule has 9 nitrogen and oxygen atoms in total. The number of rotatable bonds is 9. The fourth-order valence-electron chi connectivity index (χ4n) is 2.47. The van der Waals surface area contributed by atoms with Crippen LogP contribution < -0.4 is 25.3 Å². The summed E-state index contributed by atoms with van der Waals surface area (Å²) >= 11 is 0. The molecule has 154 valence electrons. The molecule has 3 N–H and O–H groups in total. The molecule has 0 atom stereocenters. The third kappa shape index (κ3) is 5.62. The molecule has 2 aromatic rings. The summed E-state index contributed by atoms with van der Waals surface area (Å²) in [6.45, 7) is 4.21. The van der Waals surface area contributed by atoms with Crippen LogP contribution in [0.15, 0.2) is 18.3 Å². The predicted molar refractivity (Wildman–Crippen MR) is 108 cm³/mol. The quantitative estimate of drug-likeness (QED) is 0.641. The van der Waals surface area contributed by atoms with Crippen molar-refractivity contribution in [1.29, 1.82) is 0 Å². The van der Waals surface area contributed by atoms with E-state index in [-0.39, 0.29) is 24.2 Å². The molecule has 1 heterocycles. The molecule has 0 saturated carbocycles. The third-order valence-corrected chi connectivity index (χ3v) is 4.84. The number of nitrogens with two attached hydrogens (primary N) is 1. The average Bonchev–Trinajstić information content (AvgIpc) is 2.62. The molecule has 0 fully saturated rings. The lowest BCUT2D eigenvalue weighted by molar-refractivity contribution is 0.350. The number of aromatic nitrogens is 2. The molecule has 0 aliphatic rings. The normalized spacial score (nSPS) is 11.4. The molecule has 0 spiro atoms. The largest absolute Gasteiger partial charge is 0.493 e. The lowest BCUT2D eigenvalue weighted by atomic mass is 10.0. The van der Waals surface area contributed by atoms with Crippen LogP contribution in [0, 0.1) is 0 Å². The minimum absolute atomic E-state index is 0.0469. The summed E-state index contributed by atoms with van der Waals surface area (Å²) in [6, 6.07) is 3.58. The zero-order valence-electron chi connectivity index (χ0n) is 16.6. The third-order valence-electron chi connectivity index (χ3n) is 3.90. The maximum Gasteiger partial charge on any atom is 0.222 e. The first-order valence-electron chi connectivity index (χ1n) is 8.62. The van der Waals surface area contributed by atoms with Gasteiger partial charge in [0.25, 0.3) is 0 Å². The van der Waals surface area contributed by atoms with E-state index in [1.54, 1.807) is 20.3 Å². The molecule has 10 heteroatoms. The van der Waals surface area contributed by atoms with Crippen LogP contribution in [0.2, 0.25) is 0 Å². The zero-order valence-corrected chi connectivity index (χ0v) is 17.5. The van der Waals surface area contributed by atoms with Crippen molar-refractivity contribution in [1.82, 2.24) is 9.97 Å². The van der Waals surface area contributed by atoms with E-state index in [1.807, 2.05) is 19.9 Å². The van der Waals surface area contributed by atoms with Gasteiger partial charge in [0.05, 0.1) is 26.2 Å². The monoisotopic (exact) mass is 410 g/mol. The lowest BCUT2D eigenvalue weighted by Gasteiger charge is -2.18. The molecule has 0 radical (unpaired) electrons. The lowest BCUT2D eigenvalue weighted by Crippen LogP contribution is -2.16. The topological polar surface area (TPSA) is 126 Å². The van der Waals surface area contributed by atoms with E-state index < -0.39 is 9.84 Å². The molecule has 0 unspecified atom stereocenters. The Balaban J connectivity index is 2.39. The van der Waals surface area contributed by atoms with Gasteiger partial charge in [0.1, 0.15) is 15.6 Å². The Hall–Kier alpha value is -2.75. The van der Waals surface area contributed by atoms with E-state index in [1.165, 1.54) is 12.5 Å². The number of nitrogen functional groups attached to an aromatic ring is 1. The Bertz CT molecular complexity index is 932. The van der Waals surface area contributed by atoms with E-state index in [9.17, 15) is 8.42 Å². The highest BCUT2D eigenvalue weighted by atomic mass is 32.2. The van der Waals surface area contributed by atoms with Crippen LogP contribution in [0.4, 0.5) is 11.8 Å². The molecular weight excluding hydrogens is 384 g/mol. The van der Waals surface area contributed by atoms with Gasteiger partial charge in [0.2, 0.25) is 5.95 Å². The average molecular weight is 410 g/mol. The van der Waals surface area contributed by atoms with Crippen LogP contribution in [-0.2, 0) is 9.84 Å². The molecular formula is C18H26N4O5S. The first kappa shape index (κ1) is 21.5. The fraction of sp³-hybridized carbons (Fsp3) is 0.444. The summed E-state index contributed by atoms with van der Waals surface area (Å²) in [5.41, 5.74) is 6.57. The Morgan fingerprint density at radius 1 is 1.11 bits per heavy atom. The number of anilines is 2. The zero-order chi connectivity index (χ0) is 20.9. The van der Waals surface area contributed by atoms with Crippen LogP contribution in [-0.4, -0.2) is 51.2 Å². The second-order valence-electron chi connectivity index (χ2n) is 6.50. The fourth-order valence-corrected chi connectivity index (χ4v) is 2.95. The van der Waals surface area contributed by atoms with Crippen molar-refractivity contribution in [3.05, 3.63) is 23.9 Å². The van der Waals surface area contributed by atoms with Crippen molar-refractivity contribution in [3.63, 3.8) is 0 Å². The molecule has 28 heavy (non-hydrogen) atoms. The molecule has 0 amide bonds. The highest BCUT2D eigenvalue weighted by molar-refractivity contribution is 7.90. The Morgan fingerprint density at radius 3 is 2.32 bits per heavy atom. The minimum atomic E-state index is -3.12. The number of methoxy groups -OCH3 is 2. The Labute approximate surface area is 165 Å². The van der Waals surface area contributed by atoms with Crippen molar-refractivity contribution in [2.24, 2.45) is 0 Å². The van der Waals surface area contributed by atoms with E-state index in [0.29, 0.717) is 28.8 Å². The SMILES string of the molecule is COc1cc(Oc2cnc(N)nc2NCCS(C)(=O)=O)c(C(C)C)cc1OC. The smallest absolute Gasteiger partial charge is 0.222 e. The van der Waals surface area contributed by atoms with E-state index in [2.05, 4.69) is 15.3 Å². The van der Waals surface area contributed by atoms with Gasteiger partial charge in [-0.1, -0.05) is 13.8 Å². The van der Waals surface area contributed by atoms with E-state index in [0.717, 1.165) is 5.56 Å². The van der Waals surface area contributed by atoms with Gasteiger partial charge in [-0.15, -0.1) is 0 Å². The number of nitrogens with one attached hydrogen (secondary N) is 1. The molecule has 1 aromatic carbocycles. The van der Waals surface area contributed by atoms with Crippen LogP contribution in [0.25, 0.3) is 0 Å². The van der Waals surface area contributed by atoms with Gasteiger partial charge in [-0.3, -0.25) is 0 Å². The molecule has 0 bridgehead atoms. The highest BCUT2D eigenvalue weighted by Crippen LogP contribution is 2.40. The van der Waals surface area contributed by atoms with Crippen molar-refractivity contribution < 1.29 is 22.6 Å². The van der Waals surface area contributed by atoms with Gasteiger partial charge in [-0.2, -0.15) is 4.98 Å².